The average molecular weight is 446 g/mol. The fourth-order valence-electron chi connectivity index (χ4n) is 4.46. The number of aliphatic hydroxyl groups is 1. The summed E-state index contributed by atoms with van der Waals surface area (Å²) in [5.74, 6) is 0.953. The van der Waals surface area contributed by atoms with Gasteiger partial charge in [0.05, 0.1) is 23.8 Å². The van der Waals surface area contributed by atoms with E-state index in [2.05, 4.69) is 13.0 Å². The van der Waals surface area contributed by atoms with E-state index >= 15 is 0 Å². The number of benzene rings is 2. The molecule has 0 bridgehead atoms. The molecule has 2 aliphatic rings. The Morgan fingerprint density at radius 2 is 1.94 bits per heavy atom. The number of anilines is 1. The largest absolute Gasteiger partial charge is 0.493 e. The molecule has 6 nitrogen and oxygen atoms in total. The third-order valence-electron chi connectivity index (χ3n) is 6.28. The van der Waals surface area contributed by atoms with Crippen molar-refractivity contribution in [2.75, 3.05) is 24.1 Å². The summed E-state index contributed by atoms with van der Waals surface area (Å²) in [4.78, 5) is 0.175. The Balaban J connectivity index is 1.58. The Hall–Kier alpha value is -2.09. The van der Waals surface area contributed by atoms with Gasteiger partial charge in [-0.1, -0.05) is 19.1 Å². The maximum absolute atomic E-state index is 13.5. The van der Waals surface area contributed by atoms with Gasteiger partial charge < -0.3 is 14.6 Å². The van der Waals surface area contributed by atoms with Gasteiger partial charge in [0, 0.05) is 24.8 Å². The van der Waals surface area contributed by atoms with Crippen LogP contribution in [-0.2, 0) is 34.2 Å². The van der Waals surface area contributed by atoms with Crippen molar-refractivity contribution in [2.45, 2.75) is 57.1 Å². The first kappa shape index (κ1) is 22.1. The summed E-state index contributed by atoms with van der Waals surface area (Å²) in [5, 5.41) is 9.87. The van der Waals surface area contributed by atoms with Gasteiger partial charge in [0.2, 0.25) is 0 Å². The first-order valence-electron chi connectivity index (χ1n) is 11.0. The Morgan fingerprint density at radius 1 is 1.16 bits per heavy atom. The van der Waals surface area contributed by atoms with Crippen molar-refractivity contribution >= 4 is 15.7 Å². The molecule has 2 aromatic rings. The fourth-order valence-corrected chi connectivity index (χ4v) is 6.20. The predicted molar refractivity (Wildman–Crippen MR) is 120 cm³/mol. The molecule has 1 N–H and O–H groups in total. The van der Waals surface area contributed by atoms with Gasteiger partial charge in [-0.2, -0.15) is 0 Å². The van der Waals surface area contributed by atoms with E-state index in [0.29, 0.717) is 30.3 Å². The highest BCUT2D eigenvalue weighted by atomic mass is 32.2. The van der Waals surface area contributed by atoms with Gasteiger partial charge in [0.25, 0.3) is 10.0 Å². The average Bonchev–Trinajstić information content (AvgIpc) is 3.13. The standard InChI is InChI=1S/C24H31NO5S/c1-3-18-4-6-23-20(13-18)12-17(2)25(23)31(27,28)22-5-7-24(21(14-22)15-26)30-16-19-8-10-29-11-9-19/h4-7,13-14,17,19,26H,3,8-12,15-16H2,1-2H3. The minimum absolute atomic E-state index is 0.158. The van der Waals surface area contributed by atoms with Crippen LogP contribution in [0.4, 0.5) is 5.69 Å². The molecular formula is C24H31NO5S. The summed E-state index contributed by atoms with van der Waals surface area (Å²) in [5.41, 5.74) is 3.50. The molecule has 7 heteroatoms. The number of aliphatic hydroxyl groups excluding tert-OH is 1. The van der Waals surface area contributed by atoms with Crippen molar-refractivity contribution in [3.05, 3.63) is 53.1 Å². The van der Waals surface area contributed by atoms with Crippen LogP contribution in [0.5, 0.6) is 5.75 Å². The van der Waals surface area contributed by atoms with Crippen molar-refractivity contribution in [1.82, 2.24) is 0 Å². The van der Waals surface area contributed by atoms with Gasteiger partial charge in [-0.15, -0.1) is 0 Å². The number of sulfonamides is 1. The Labute approximate surface area is 184 Å². The molecule has 1 saturated heterocycles. The molecule has 31 heavy (non-hydrogen) atoms. The van der Waals surface area contributed by atoms with Crippen molar-refractivity contribution in [1.29, 1.82) is 0 Å². The number of rotatable bonds is 7. The molecule has 0 aliphatic carbocycles. The highest BCUT2D eigenvalue weighted by Gasteiger charge is 2.36. The van der Waals surface area contributed by atoms with E-state index in [1.807, 2.05) is 19.1 Å². The number of ether oxygens (including phenoxy) is 2. The summed E-state index contributed by atoms with van der Waals surface area (Å²) in [6, 6.07) is 10.6. The zero-order valence-electron chi connectivity index (χ0n) is 18.2. The van der Waals surface area contributed by atoms with Crippen molar-refractivity contribution < 1.29 is 23.0 Å². The molecule has 0 aromatic heterocycles. The monoisotopic (exact) mass is 445 g/mol. The van der Waals surface area contributed by atoms with E-state index in [9.17, 15) is 13.5 Å². The highest BCUT2D eigenvalue weighted by molar-refractivity contribution is 7.92. The number of hydrogen-bond acceptors (Lipinski definition) is 5. The third kappa shape index (κ3) is 4.45. The zero-order valence-corrected chi connectivity index (χ0v) is 19.0. The lowest BCUT2D eigenvalue weighted by atomic mass is 10.0. The van der Waals surface area contributed by atoms with Gasteiger partial charge in [-0.25, -0.2) is 8.42 Å². The van der Waals surface area contributed by atoms with Gasteiger partial charge in [-0.3, -0.25) is 4.31 Å². The lowest BCUT2D eigenvalue weighted by Gasteiger charge is -2.25. The summed E-state index contributed by atoms with van der Waals surface area (Å²) in [6.45, 7) is 5.77. The van der Waals surface area contributed by atoms with Crippen molar-refractivity contribution in [2.24, 2.45) is 5.92 Å². The van der Waals surface area contributed by atoms with E-state index in [0.717, 1.165) is 43.7 Å². The highest BCUT2D eigenvalue weighted by Crippen LogP contribution is 2.38. The SMILES string of the molecule is CCc1ccc2c(c1)CC(C)N2S(=O)(=O)c1ccc(OCC2CCOCC2)c(CO)c1. The summed E-state index contributed by atoms with van der Waals surface area (Å²) >= 11 is 0. The van der Waals surface area contributed by atoms with E-state index in [4.69, 9.17) is 9.47 Å². The number of fused-ring (bicyclic) bond motifs is 1. The number of hydrogen-bond donors (Lipinski definition) is 1. The third-order valence-corrected chi connectivity index (χ3v) is 8.20. The zero-order chi connectivity index (χ0) is 22.0. The van der Waals surface area contributed by atoms with Crippen LogP contribution in [0, 0.1) is 5.92 Å². The molecule has 2 heterocycles. The van der Waals surface area contributed by atoms with Crippen LogP contribution < -0.4 is 9.04 Å². The molecule has 1 atom stereocenters. The van der Waals surface area contributed by atoms with Gasteiger partial charge in [0.15, 0.2) is 0 Å². The van der Waals surface area contributed by atoms with Crippen molar-refractivity contribution in [3.8, 4) is 5.75 Å². The second kappa shape index (κ2) is 9.18. The van der Waals surface area contributed by atoms with Crippen LogP contribution in [0.2, 0.25) is 0 Å². The maximum Gasteiger partial charge on any atom is 0.264 e. The van der Waals surface area contributed by atoms with Gasteiger partial charge >= 0.3 is 0 Å². The molecule has 2 aliphatic heterocycles. The lowest BCUT2D eigenvalue weighted by molar-refractivity contribution is 0.0494. The first-order chi connectivity index (χ1) is 14.9. The van der Waals surface area contributed by atoms with Crippen LogP contribution in [0.1, 0.15) is 43.4 Å². The van der Waals surface area contributed by atoms with Crippen LogP contribution in [-0.4, -0.2) is 39.4 Å². The molecule has 1 unspecified atom stereocenters. The molecule has 1 fully saturated rings. The van der Waals surface area contributed by atoms with E-state index < -0.39 is 10.0 Å². The first-order valence-corrected chi connectivity index (χ1v) is 12.5. The molecule has 168 valence electrons. The molecule has 0 spiro atoms. The van der Waals surface area contributed by atoms with Gasteiger partial charge in [-0.05, 0) is 73.9 Å². The summed E-state index contributed by atoms with van der Waals surface area (Å²) in [7, 11) is -3.76. The van der Waals surface area contributed by atoms with Crippen LogP contribution in [0.3, 0.4) is 0 Å². The van der Waals surface area contributed by atoms with Crippen LogP contribution >= 0.6 is 0 Å². The topological polar surface area (TPSA) is 76.1 Å². The molecule has 2 aromatic carbocycles. The van der Waals surface area contributed by atoms with Gasteiger partial charge in [0.1, 0.15) is 5.75 Å². The Morgan fingerprint density at radius 3 is 2.65 bits per heavy atom. The van der Waals surface area contributed by atoms with Crippen LogP contribution in [0.25, 0.3) is 0 Å². The fraction of sp³-hybridized carbons (Fsp3) is 0.500. The number of aryl methyl sites for hydroxylation is 1. The maximum atomic E-state index is 13.5. The van der Waals surface area contributed by atoms with Crippen molar-refractivity contribution in [3.63, 3.8) is 0 Å². The molecular weight excluding hydrogens is 414 g/mol. The smallest absolute Gasteiger partial charge is 0.264 e. The predicted octanol–water partition coefficient (Wildman–Crippen LogP) is 3.69. The summed E-state index contributed by atoms with van der Waals surface area (Å²) < 4.78 is 39.9. The minimum atomic E-state index is -3.76. The number of nitrogens with zero attached hydrogens (tertiary/aromatic N) is 1. The molecule has 0 radical (unpaired) electrons. The Bertz CT molecular complexity index is 1030. The summed E-state index contributed by atoms with van der Waals surface area (Å²) in [6.07, 6.45) is 3.52. The quantitative estimate of drug-likeness (QED) is 0.704. The molecule has 0 amide bonds. The van der Waals surface area contributed by atoms with Crippen LogP contribution in [0.15, 0.2) is 41.3 Å². The Kier molecular flexibility index (Phi) is 6.55. The normalized spacial score (nSPS) is 19.5. The molecule has 4 rings (SSSR count). The second-order valence-electron chi connectivity index (χ2n) is 8.47. The minimum Gasteiger partial charge on any atom is -0.493 e. The van der Waals surface area contributed by atoms with E-state index in [1.165, 1.54) is 9.87 Å². The van der Waals surface area contributed by atoms with E-state index in [1.54, 1.807) is 18.2 Å². The van der Waals surface area contributed by atoms with E-state index in [-0.39, 0.29) is 17.5 Å². The second-order valence-corrected chi connectivity index (χ2v) is 10.3. The molecule has 0 saturated carbocycles. The lowest BCUT2D eigenvalue weighted by Crippen LogP contribution is -2.35.